The van der Waals surface area contributed by atoms with E-state index in [-0.39, 0.29) is 24.0 Å². The molecule has 0 aromatic heterocycles. The highest BCUT2D eigenvalue weighted by atomic mass is 79.9. The first-order chi connectivity index (χ1) is 13.8. The topological polar surface area (TPSA) is 150 Å². The molecule has 12 heteroatoms. The minimum atomic E-state index is -1.56. The Labute approximate surface area is 177 Å². The second-order valence-electron chi connectivity index (χ2n) is 5.61. The number of alkyl halides is 1. The number of carboxylic acids is 1. The van der Waals surface area contributed by atoms with E-state index in [1.54, 1.807) is 18.2 Å². The van der Waals surface area contributed by atoms with Gasteiger partial charge in [0.15, 0.2) is 11.3 Å². The molecule has 0 saturated carbocycles. The van der Waals surface area contributed by atoms with Crippen LogP contribution in [0.4, 0.5) is 0 Å². The van der Waals surface area contributed by atoms with E-state index in [4.69, 9.17) is 4.74 Å². The number of hydrogen-bond acceptors (Lipinski definition) is 8. The van der Waals surface area contributed by atoms with Crippen molar-refractivity contribution in [2.75, 3.05) is 5.33 Å². The molecule has 1 fully saturated rings. The summed E-state index contributed by atoms with van der Waals surface area (Å²) in [7, 11) is 0. The lowest BCUT2D eigenvalue weighted by Crippen LogP contribution is -2.69. The number of carbonyl (C=O) groups excluding carboxylic acids is 4. The molecule has 1 aliphatic rings. The summed E-state index contributed by atoms with van der Waals surface area (Å²) < 4.78 is 4.79. The Bertz CT molecular complexity index is 875. The van der Waals surface area contributed by atoms with Gasteiger partial charge in [0.1, 0.15) is 22.9 Å². The second kappa shape index (κ2) is 10.1. The van der Waals surface area contributed by atoms with Gasteiger partial charge in [-0.25, -0.2) is 4.79 Å². The number of likely N-dealkylation sites (tertiary alicyclic amines) is 1. The van der Waals surface area contributed by atoms with E-state index in [2.05, 4.69) is 21.2 Å². The fourth-order valence-electron chi connectivity index (χ4n) is 2.67. The third kappa shape index (κ3) is 4.95. The number of aliphatic carboxylic acids is 1. The molecule has 2 amide bonds. The summed E-state index contributed by atoms with van der Waals surface area (Å²) in [6, 6.07) is 5.12. The van der Waals surface area contributed by atoms with Crippen molar-refractivity contribution in [3.8, 4) is 5.75 Å². The lowest BCUT2D eigenvalue weighted by Gasteiger charge is -2.45. The van der Waals surface area contributed by atoms with Gasteiger partial charge in [-0.2, -0.15) is 0 Å². The zero-order valence-electron chi connectivity index (χ0n) is 14.6. The first kappa shape index (κ1) is 22.4. The number of β-lactam (4-membered cyclic amide) rings is 1. The van der Waals surface area contributed by atoms with Gasteiger partial charge in [-0.3, -0.25) is 24.1 Å². The number of benzene rings is 1. The van der Waals surface area contributed by atoms with Crippen molar-refractivity contribution in [2.24, 2.45) is 0 Å². The number of para-hydroxylation sites is 1. The number of aliphatic hydroxyl groups excluding tert-OH is 1. The van der Waals surface area contributed by atoms with Crippen LogP contribution in [0.3, 0.4) is 0 Å². The van der Waals surface area contributed by atoms with Crippen molar-refractivity contribution in [3.63, 3.8) is 0 Å². The van der Waals surface area contributed by atoms with Crippen LogP contribution in [0.15, 0.2) is 35.7 Å². The van der Waals surface area contributed by atoms with Gasteiger partial charge in [-0.05, 0) is 6.07 Å². The fourth-order valence-corrected chi connectivity index (χ4v) is 3.73. The van der Waals surface area contributed by atoms with Crippen LogP contribution in [0, 0.1) is 0 Å². The van der Waals surface area contributed by atoms with Crippen molar-refractivity contribution in [2.45, 2.75) is 17.8 Å². The predicted octanol–water partition coefficient (Wildman–Crippen LogP) is 0.590. The average Bonchev–Trinajstić information content (AvgIpc) is 2.70. The number of nitrogens with zero attached hydrogens (tertiary/aromatic N) is 1. The molecule has 29 heavy (non-hydrogen) atoms. The Hall–Kier alpha value is -2.86. The van der Waals surface area contributed by atoms with Gasteiger partial charge in [0.25, 0.3) is 12.4 Å². The third-order valence-corrected chi connectivity index (χ3v) is 5.30. The van der Waals surface area contributed by atoms with Gasteiger partial charge in [0.05, 0.1) is 11.8 Å². The number of halogens is 1. The molecule has 0 spiro atoms. The molecule has 3 N–H and O–H groups in total. The number of thioether (sulfide) groups is 1. The van der Waals surface area contributed by atoms with Crippen molar-refractivity contribution in [1.82, 2.24) is 10.2 Å². The highest BCUT2D eigenvalue weighted by Gasteiger charge is 2.52. The number of rotatable bonds is 10. The number of allylic oxidation sites excluding steroid dienone is 1. The maximum absolute atomic E-state index is 12.5. The van der Waals surface area contributed by atoms with Crippen LogP contribution in [0.2, 0.25) is 0 Å². The minimum Gasteiger partial charge on any atom is -0.509 e. The summed E-state index contributed by atoms with van der Waals surface area (Å²) in [6.07, 6.45) is -0.222. The van der Waals surface area contributed by atoms with E-state index in [9.17, 15) is 34.2 Å². The summed E-state index contributed by atoms with van der Waals surface area (Å²) in [5.74, 6) is -3.38. The smallest absolute Gasteiger partial charge is 0.356 e. The van der Waals surface area contributed by atoms with E-state index >= 15 is 0 Å². The minimum absolute atomic E-state index is 0.177. The molecule has 0 radical (unpaired) electrons. The molecule has 2 unspecified atom stereocenters. The van der Waals surface area contributed by atoms with Gasteiger partial charge in [-0.15, -0.1) is 0 Å². The molecule has 0 aliphatic carbocycles. The Morgan fingerprint density at radius 3 is 2.55 bits per heavy atom. The van der Waals surface area contributed by atoms with Crippen LogP contribution in [-0.2, 0) is 30.4 Å². The number of hydrogen-bond donors (Lipinski definition) is 3. The van der Waals surface area contributed by atoms with Crippen molar-refractivity contribution < 1.29 is 38.9 Å². The largest absolute Gasteiger partial charge is 0.509 e. The van der Waals surface area contributed by atoms with Gasteiger partial charge in [0.2, 0.25) is 5.91 Å². The molecule has 1 aromatic carbocycles. The molecule has 2 rings (SSSR count). The zero-order chi connectivity index (χ0) is 21.6. The summed E-state index contributed by atoms with van der Waals surface area (Å²) in [6.45, 7) is 0.219. The third-order valence-electron chi connectivity index (χ3n) is 3.90. The van der Waals surface area contributed by atoms with Gasteiger partial charge in [-0.1, -0.05) is 45.9 Å². The standard InChI is InChI=1S/C17H15BrN2O8S/c18-6-10(23)14(17(26)27)20-15(25)13(16(20)29-8-22)19-12(24)5-9-3-1-2-4-11(9)28-7-21/h1-4,7-8,13,16,23H,5-6H2,(H,19,24)(H,26,27)/b14-10+. The zero-order valence-corrected chi connectivity index (χ0v) is 17.0. The van der Waals surface area contributed by atoms with Gasteiger partial charge in [0, 0.05) is 5.56 Å². The van der Waals surface area contributed by atoms with E-state index in [1.807, 2.05) is 0 Å². The number of carbonyl (C=O) groups is 5. The molecule has 1 saturated heterocycles. The number of amides is 2. The monoisotopic (exact) mass is 486 g/mol. The van der Waals surface area contributed by atoms with Crippen molar-refractivity contribution in [3.05, 3.63) is 41.3 Å². The summed E-state index contributed by atoms with van der Waals surface area (Å²) in [4.78, 5) is 58.5. The highest BCUT2D eigenvalue weighted by Crippen LogP contribution is 2.34. The molecular weight excluding hydrogens is 472 g/mol. The van der Waals surface area contributed by atoms with Gasteiger partial charge < -0.3 is 20.3 Å². The quantitative estimate of drug-likeness (QED) is 0.142. The first-order valence-electron chi connectivity index (χ1n) is 7.96. The Balaban J connectivity index is 2.18. The molecule has 1 aliphatic heterocycles. The highest BCUT2D eigenvalue weighted by molar-refractivity contribution is 9.09. The second-order valence-corrected chi connectivity index (χ2v) is 7.12. The van der Waals surface area contributed by atoms with E-state index in [0.29, 0.717) is 22.9 Å². The predicted molar refractivity (Wildman–Crippen MR) is 105 cm³/mol. The molecule has 10 nitrogen and oxygen atoms in total. The maximum Gasteiger partial charge on any atom is 0.356 e. The van der Waals surface area contributed by atoms with Crippen molar-refractivity contribution >= 4 is 57.6 Å². The Kier molecular flexibility index (Phi) is 7.79. The van der Waals surface area contributed by atoms with Crippen LogP contribution >= 0.6 is 27.7 Å². The van der Waals surface area contributed by atoms with E-state index < -0.39 is 40.7 Å². The number of carboxylic acid groups (broad SMARTS) is 1. The molecule has 2 atom stereocenters. The van der Waals surface area contributed by atoms with Gasteiger partial charge >= 0.3 is 5.97 Å². The van der Waals surface area contributed by atoms with Crippen molar-refractivity contribution in [1.29, 1.82) is 0 Å². The Morgan fingerprint density at radius 1 is 1.28 bits per heavy atom. The van der Waals surface area contributed by atoms with E-state index in [1.165, 1.54) is 6.07 Å². The summed E-state index contributed by atoms with van der Waals surface area (Å²) >= 11 is 3.49. The van der Waals surface area contributed by atoms with Crippen LogP contribution < -0.4 is 10.1 Å². The summed E-state index contributed by atoms with van der Waals surface area (Å²) in [5.41, 5.74) is 0.117. The normalized spacial score (nSPS) is 18.9. The SMILES string of the molecule is O=COc1ccccc1CC(=O)NC1C(=O)N(/C(C(=O)O)=C(/O)CBr)C1SC=O. The van der Waals surface area contributed by atoms with Crippen LogP contribution in [0.25, 0.3) is 0 Å². The number of nitrogens with one attached hydrogen (secondary N) is 1. The lowest BCUT2D eigenvalue weighted by atomic mass is 10.0. The fraction of sp³-hybridized carbons (Fsp3) is 0.235. The molecule has 1 heterocycles. The molecule has 0 bridgehead atoms. The molecule has 1 aromatic rings. The van der Waals surface area contributed by atoms with Crippen LogP contribution in [0.1, 0.15) is 5.56 Å². The Morgan fingerprint density at radius 2 is 1.97 bits per heavy atom. The number of aliphatic hydroxyl groups is 1. The van der Waals surface area contributed by atoms with Crippen LogP contribution in [0.5, 0.6) is 5.75 Å². The molecular formula is C17H15BrN2O8S. The molecule has 154 valence electrons. The number of ether oxygens (including phenoxy) is 1. The maximum atomic E-state index is 12.5. The van der Waals surface area contributed by atoms with E-state index in [0.717, 1.165) is 4.90 Å². The van der Waals surface area contributed by atoms with Crippen LogP contribution in [-0.4, -0.2) is 61.7 Å². The average molecular weight is 487 g/mol. The first-order valence-corrected chi connectivity index (χ1v) is 10.0. The lowest BCUT2D eigenvalue weighted by molar-refractivity contribution is -0.150. The summed E-state index contributed by atoms with van der Waals surface area (Å²) in [5, 5.41) is 20.3.